The van der Waals surface area contributed by atoms with Gasteiger partial charge < -0.3 is 10.6 Å². The number of hydrogen-bond acceptors (Lipinski definition) is 2. The van der Waals surface area contributed by atoms with Crippen molar-refractivity contribution in [2.75, 3.05) is 11.9 Å². The number of nitrogens with one attached hydrogen (secondary N) is 2. The van der Waals surface area contributed by atoms with E-state index in [2.05, 4.69) is 24.5 Å². The average molecular weight is 274 g/mol. The Bertz CT molecular complexity index is 444. The summed E-state index contributed by atoms with van der Waals surface area (Å²) >= 11 is 0. The molecule has 0 bridgehead atoms. The molecular formula is C17H26N2O. The summed E-state index contributed by atoms with van der Waals surface area (Å²) in [5, 5.41) is 6.53. The molecule has 2 N–H and O–H groups in total. The molecule has 0 aliphatic heterocycles. The zero-order valence-electron chi connectivity index (χ0n) is 12.6. The fraction of sp³-hybridized carbons (Fsp3) is 0.588. The van der Waals surface area contributed by atoms with Crippen molar-refractivity contribution in [3.8, 4) is 0 Å². The molecule has 0 saturated heterocycles. The first-order valence-corrected chi connectivity index (χ1v) is 7.84. The van der Waals surface area contributed by atoms with Gasteiger partial charge in [0.05, 0.1) is 5.56 Å². The summed E-state index contributed by atoms with van der Waals surface area (Å²) < 4.78 is 0. The number of para-hydroxylation sites is 1. The Labute approximate surface area is 122 Å². The van der Waals surface area contributed by atoms with Crippen LogP contribution in [-0.4, -0.2) is 18.5 Å². The van der Waals surface area contributed by atoms with Crippen LogP contribution in [-0.2, 0) is 0 Å². The van der Waals surface area contributed by atoms with E-state index in [-0.39, 0.29) is 5.91 Å². The van der Waals surface area contributed by atoms with Gasteiger partial charge in [0.2, 0.25) is 0 Å². The number of carbonyl (C=O) groups is 1. The lowest BCUT2D eigenvalue weighted by Gasteiger charge is -2.27. The molecule has 0 radical (unpaired) electrons. The lowest BCUT2D eigenvalue weighted by molar-refractivity contribution is 0.0922. The molecule has 1 saturated carbocycles. The van der Waals surface area contributed by atoms with E-state index in [1.807, 2.05) is 24.3 Å². The van der Waals surface area contributed by atoms with Gasteiger partial charge in [-0.1, -0.05) is 38.8 Å². The summed E-state index contributed by atoms with van der Waals surface area (Å²) in [5.41, 5.74) is 1.70. The van der Waals surface area contributed by atoms with Crippen molar-refractivity contribution in [3.63, 3.8) is 0 Å². The smallest absolute Gasteiger partial charge is 0.253 e. The van der Waals surface area contributed by atoms with Gasteiger partial charge in [0, 0.05) is 18.3 Å². The van der Waals surface area contributed by atoms with Crippen LogP contribution in [0.4, 0.5) is 5.69 Å². The monoisotopic (exact) mass is 274 g/mol. The fourth-order valence-corrected chi connectivity index (χ4v) is 2.92. The summed E-state index contributed by atoms with van der Waals surface area (Å²) in [5.74, 6) is 0.783. The molecule has 2 unspecified atom stereocenters. The fourth-order valence-electron chi connectivity index (χ4n) is 2.92. The molecule has 0 heterocycles. The zero-order valence-corrected chi connectivity index (χ0v) is 12.6. The molecule has 110 valence electrons. The minimum atomic E-state index is 0.0586. The van der Waals surface area contributed by atoms with Crippen molar-refractivity contribution < 1.29 is 4.79 Å². The molecule has 0 aromatic heterocycles. The highest BCUT2D eigenvalue weighted by Crippen LogP contribution is 2.24. The summed E-state index contributed by atoms with van der Waals surface area (Å²) in [6.07, 6.45) is 5.79. The predicted octanol–water partition coefficient (Wildman–Crippen LogP) is 3.82. The van der Waals surface area contributed by atoms with Crippen LogP contribution in [0.25, 0.3) is 0 Å². The Morgan fingerprint density at radius 3 is 2.85 bits per heavy atom. The Kier molecular flexibility index (Phi) is 5.45. The van der Waals surface area contributed by atoms with Crippen LogP contribution < -0.4 is 10.6 Å². The molecule has 20 heavy (non-hydrogen) atoms. The second kappa shape index (κ2) is 7.32. The Morgan fingerprint density at radius 2 is 2.10 bits per heavy atom. The van der Waals surface area contributed by atoms with Crippen molar-refractivity contribution in [2.24, 2.45) is 5.92 Å². The maximum Gasteiger partial charge on any atom is 0.253 e. The topological polar surface area (TPSA) is 41.1 Å². The van der Waals surface area contributed by atoms with Gasteiger partial charge in [-0.2, -0.15) is 0 Å². The van der Waals surface area contributed by atoms with Gasteiger partial charge >= 0.3 is 0 Å². The van der Waals surface area contributed by atoms with Gasteiger partial charge in [-0.25, -0.2) is 0 Å². The lowest BCUT2D eigenvalue weighted by atomic mass is 9.87. The molecule has 2 rings (SSSR count). The van der Waals surface area contributed by atoms with Crippen molar-refractivity contribution in [2.45, 2.75) is 52.0 Å². The number of amides is 1. The van der Waals surface area contributed by atoms with Crippen molar-refractivity contribution in [3.05, 3.63) is 29.8 Å². The minimum Gasteiger partial charge on any atom is -0.384 e. The van der Waals surface area contributed by atoms with E-state index in [9.17, 15) is 4.79 Å². The third-order valence-corrected chi connectivity index (χ3v) is 4.01. The van der Waals surface area contributed by atoms with Gasteiger partial charge in [0.1, 0.15) is 0 Å². The van der Waals surface area contributed by atoms with Gasteiger partial charge in [-0.15, -0.1) is 0 Å². The highest BCUT2D eigenvalue weighted by molar-refractivity contribution is 5.99. The maximum absolute atomic E-state index is 12.5. The molecule has 1 aromatic rings. The largest absolute Gasteiger partial charge is 0.384 e. The van der Waals surface area contributed by atoms with Crippen LogP contribution in [0.2, 0.25) is 0 Å². The first-order valence-electron chi connectivity index (χ1n) is 7.84. The lowest BCUT2D eigenvalue weighted by Crippen LogP contribution is -2.38. The van der Waals surface area contributed by atoms with E-state index < -0.39 is 0 Å². The van der Waals surface area contributed by atoms with Crippen molar-refractivity contribution in [1.82, 2.24) is 5.32 Å². The number of rotatable bonds is 5. The molecule has 3 heteroatoms. The first-order chi connectivity index (χ1) is 9.70. The molecule has 1 amide bonds. The van der Waals surface area contributed by atoms with Gasteiger partial charge in [0.25, 0.3) is 5.91 Å². The van der Waals surface area contributed by atoms with E-state index in [0.29, 0.717) is 6.04 Å². The van der Waals surface area contributed by atoms with Gasteiger partial charge in [-0.3, -0.25) is 4.79 Å². The third kappa shape index (κ3) is 3.99. The van der Waals surface area contributed by atoms with Gasteiger partial charge in [0.15, 0.2) is 0 Å². The number of hydrogen-bond donors (Lipinski definition) is 2. The summed E-state index contributed by atoms with van der Waals surface area (Å²) in [4.78, 5) is 12.5. The third-order valence-electron chi connectivity index (χ3n) is 4.01. The Balaban J connectivity index is 2.01. The van der Waals surface area contributed by atoms with Crippen LogP contribution in [0.5, 0.6) is 0 Å². The standard InChI is InChI=1S/C17H26N2O/c1-3-11-18-16-10-5-4-9-15(16)17(20)19-14-8-6-7-13(2)12-14/h4-5,9-10,13-14,18H,3,6-8,11-12H2,1-2H3,(H,19,20). The summed E-state index contributed by atoms with van der Waals surface area (Å²) in [6.45, 7) is 5.29. The summed E-state index contributed by atoms with van der Waals surface area (Å²) in [7, 11) is 0. The Morgan fingerprint density at radius 1 is 1.30 bits per heavy atom. The second-order valence-corrected chi connectivity index (χ2v) is 5.91. The van der Waals surface area contributed by atoms with E-state index in [4.69, 9.17) is 0 Å². The van der Waals surface area contributed by atoms with Crippen LogP contribution in [0.15, 0.2) is 24.3 Å². The molecule has 1 fully saturated rings. The first kappa shape index (κ1) is 14.9. The summed E-state index contributed by atoms with van der Waals surface area (Å²) in [6, 6.07) is 8.12. The van der Waals surface area contributed by atoms with Crippen LogP contribution in [0.1, 0.15) is 56.3 Å². The molecular weight excluding hydrogens is 248 g/mol. The Hall–Kier alpha value is -1.51. The van der Waals surface area contributed by atoms with Crippen molar-refractivity contribution in [1.29, 1.82) is 0 Å². The van der Waals surface area contributed by atoms with Crippen LogP contribution in [0.3, 0.4) is 0 Å². The molecule has 1 aliphatic rings. The second-order valence-electron chi connectivity index (χ2n) is 5.91. The van der Waals surface area contributed by atoms with Crippen molar-refractivity contribution >= 4 is 11.6 Å². The van der Waals surface area contributed by atoms with Gasteiger partial charge in [-0.05, 0) is 37.3 Å². The van der Waals surface area contributed by atoms with E-state index in [1.165, 1.54) is 12.8 Å². The van der Waals surface area contributed by atoms with Crippen LogP contribution >= 0.6 is 0 Å². The highest BCUT2D eigenvalue weighted by Gasteiger charge is 2.21. The number of anilines is 1. The van der Waals surface area contributed by atoms with E-state index in [0.717, 1.165) is 43.0 Å². The number of carbonyl (C=O) groups excluding carboxylic acids is 1. The molecule has 1 aliphatic carbocycles. The molecule has 0 spiro atoms. The molecule has 1 aromatic carbocycles. The van der Waals surface area contributed by atoms with E-state index >= 15 is 0 Å². The average Bonchev–Trinajstić information content (AvgIpc) is 2.45. The quantitative estimate of drug-likeness (QED) is 0.857. The zero-order chi connectivity index (χ0) is 14.4. The van der Waals surface area contributed by atoms with Crippen LogP contribution in [0, 0.1) is 5.92 Å². The predicted molar refractivity (Wildman–Crippen MR) is 84.1 cm³/mol. The minimum absolute atomic E-state index is 0.0586. The normalized spacial score (nSPS) is 22.3. The SMILES string of the molecule is CCCNc1ccccc1C(=O)NC1CCCC(C)C1. The molecule has 2 atom stereocenters. The highest BCUT2D eigenvalue weighted by atomic mass is 16.1. The van der Waals surface area contributed by atoms with E-state index in [1.54, 1.807) is 0 Å². The number of benzene rings is 1. The molecule has 3 nitrogen and oxygen atoms in total. The maximum atomic E-state index is 12.5.